The van der Waals surface area contributed by atoms with Crippen molar-refractivity contribution in [3.8, 4) is 5.82 Å². The maximum Gasteiger partial charge on any atom is 0.182 e. The molecule has 0 unspecified atom stereocenters. The zero-order chi connectivity index (χ0) is 17.3. The molecule has 1 aromatic carbocycles. The Bertz CT molecular complexity index is 786. The van der Waals surface area contributed by atoms with Gasteiger partial charge in [0.2, 0.25) is 0 Å². The fourth-order valence-electron chi connectivity index (χ4n) is 2.62. The molecular weight excluding hydrogens is 314 g/mol. The van der Waals surface area contributed by atoms with Crippen molar-refractivity contribution >= 4 is 5.78 Å². The van der Waals surface area contributed by atoms with Gasteiger partial charge in [0.1, 0.15) is 5.78 Å². The van der Waals surface area contributed by atoms with E-state index in [4.69, 9.17) is 0 Å². The summed E-state index contributed by atoms with van der Waals surface area (Å²) < 4.78 is 0. The Hall–Kier alpha value is -2.89. The van der Waals surface area contributed by atoms with E-state index in [1.807, 2.05) is 18.2 Å². The summed E-state index contributed by atoms with van der Waals surface area (Å²) >= 11 is 0. The minimum atomic E-state index is 0.153. The molecule has 0 aliphatic carbocycles. The largest absolute Gasteiger partial charge is 0.299 e. The van der Waals surface area contributed by atoms with Gasteiger partial charge in [-0.05, 0) is 42.2 Å². The van der Waals surface area contributed by atoms with Crippen LogP contribution in [0.1, 0.15) is 37.1 Å². The fraction of sp³-hybridized carbons (Fsp3) is 0.316. The lowest BCUT2D eigenvalue weighted by molar-refractivity contribution is -0.118. The summed E-state index contributed by atoms with van der Waals surface area (Å²) in [6, 6.07) is 15.9. The quantitative estimate of drug-likeness (QED) is 0.562. The molecule has 2 heterocycles. The standard InChI is InChI=1S/C19H21N5O/c25-17(12-6-2-5-11-16-9-3-1-4-10-16)15-18-21-23-24(22-18)19-13-7-8-14-20-19/h1,3-4,7-10,13-14H,2,5-6,11-12,15H2. The summed E-state index contributed by atoms with van der Waals surface area (Å²) in [5, 5.41) is 12.1. The monoisotopic (exact) mass is 335 g/mol. The van der Waals surface area contributed by atoms with Crippen LogP contribution in [0.5, 0.6) is 0 Å². The van der Waals surface area contributed by atoms with Crippen molar-refractivity contribution in [1.82, 2.24) is 25.2 Å². The summed E-state index contributed by atoms with van der Waals surface area (Å²) in [6.07, 6.45) is 6.58. The summed E-state index contributed by atoms with van der Waals surface area (Å²) in [5.74, 6) is 1.19. The topological polar surface area (TPSA) is 73.6 Å². The highest BCUT2D eigenvalue weighted by Crippen LogP contribution is 2.09. The first-order chi connectivity index (χ1) is 12.3. The number of aromatic nitrogens is 5. The van der Waals surface area contributed by atoms with Gasteiger partial charge >= 0.3 is 0 Å². The summed E-state index contributed by atoms with van der Waals surface area (Å²) in [4.78, 5) is 17.6. The maximum absolute atomic E-state index is 12.1. The average molecular weight is 335 g/mol. The van der Waals surface area contributed by atoms with E-state index >= 15 is 0 Å². The molecule has 0 saturated carbocycles. The molecule has 6 heteroatoms. The number of ketones is 1. The molecule has 0 spiro atoms. The van der Waals surface area contributed by atoms with Crippen LogP contribution in [-0.2, 0) is 17.6 Å². The molecule has 128 valence electrons. The van der Waals surface area contributed by atoms with Crippen LogP contribution in [0.3, 0.4) is 0 Å². The third kappa shape index (κ3) is 5.31. The normalized spacial score (nSPS) is 10.7. The van der Waals surface area contributed by atoms with E-state index in [9.17, 15) is 4.79 Å². The number of hydrogen-bond donors (Lipinski definition) is 0. The van der Waals surface area contributed by atoms with Crippen LogP contribution in [-0.4, -0.2) is 31.0 Å². The molecule has 0 aliphatic rings. The van der Waals surface area contributed by atoms with Gasteiger partial charge in [-0.15, -0.1) is 15.0 Å². The number of unbranched alkanes of at least 4 members (excludes halogenated alkanes) is 2. The molecular formula is C19H21N5O. The lowest BCUT2D eigenvalue weighted by atomic mass is 10.0. The molecule has 3 aromatic rings. The van der Waals surface area contributed by atoms with Gasteiger partial charge < -0.3 is 0 Å². The van der Waals surface area contributed by atoms with Crippen LogP contribution >= 0.6 is 0 Å². The van der Waals surface area contributed by atoms with Crippen molar-refractivity contribution in [2.24, 2.45) is 0 Å². The highest BCUT2D eigenvalue weighted by molar-refractivity contribution is 5.79. The number of pyridine rings is 1. The smallest absolute Gasteiger partial charge is 0.182 e. The Morgan fingerprint density at radius 2 is 1.80 bits per heavy atom. The van der Waals surface area contributed by atoms with E-state index in [0.717, 1.165) is 25.7 Å². The highest BCUT2D eigenvalue weighted by atomic mass is 16.1. The van der Waals surface area contributed by atoms with E-state index in [-0.39, 0.29) is 12.2 Å². The number of aryl methyl sites for hydroxylation is 1. The molecule has 3 rings (SSSR count). The molecule has 0 saturated heterocycles. The van der Waals surface area contributed by atoms with Gasteiger partial charge in [0, 0.05) is 12.6 Å². The Kier molecular flexibility index (Phi) is 5.98. The van der Waals surface area contributed by atoms with Gasteiger partial charge in [-0.25, -0.2) is 4.98 Å². The van der Waals surface area contributed by atoms with Crippen LogP contribution in [0, 0.1) is 0 Å². The number of tetrazole rings is 1. The van der Waals surface area contributed by atoms with E-state index < -0.39 is 0 Å². The van der Waals surface area contributed by atoms with Crippen molar-refractivity contribution in [2.75, 3.05) is 0 Å². The van der Waals surface area contributed by atoms with Crippen LogP contribution in [0.2, 0.25) is 0 Å². The Morgan fingerprint density at radius 1 is 0.960 bits per heavy atom. The molecule has 0 atom stereocenters. The Morgan fingerprint density at radius 3 is 2.60 bits per heavy atom. The van der Waals surface area contributed by atoms with Gasteiger partial charge in [0.25, 0.3) is 0 Å². The van der Waals surface area contributed by atoms with Gasteiger partial charge in [-0.3, -0.25) is 4.79 Å². The SMILES string of the molecule is O=C(CCCCCc1ccccc1)Cc1nnn(-c2ccccn2)n1. The molecule has 0 fully saturated rings. The summed E-state index contributed by atoms with van der Waals surface area (Å²) in [5.41, 5.74) is 1.35. The lowest BCUT2D eigenvalue weighted by Crippen LogP contribution is -2.05. The van der Waals surface area contributed by atoms with Gasteiger partial charge in [-0.2, -0.15) is 0 Å². The van der Waals surface area contributed by atoms with Crippen molar-refractivity contribution in [1.29, 1.82) is 0 Å². The van der Waals surface area contributed by atoms with Crippen molar-refractivity contribution < 1.29 is 4.79 Å². The van der Waals surface area contributed by atoms with Crippen LogP contribution in [0.15, 0.2) is 54.7 Å². The summed E-state index contributed by atoms with van der Waals surface area (Å²) in [6.45, 7) is 0. The van der Waals surface area contributed by atoms with Crippen LogP contribution < -0.4 is 0 Å². The molecule has 0 N–H and O–H groups in total. The molecule has 6 nitrogen and oxygen atoms in total. The lowest BCUT2D eigenvalue weighted by Gasteiger charge is -2.01. The van der Waals surface area contributed by atoms with E-state index in [1.54, 1.807) is 12.3 Å². The zero-order valence-electron chi connectivity index (χ0n) is 14.1. The number of carbonyl (C=O) groups excluding carboxylic acids is 1. The van der Waals surface area contributed by atoms with E-state index in [2.05, 4.69) is 44.7 Å². The zero-order valence-corrected chi connectivity index (χ0v) is 14.1. The number of Topliss-reactive ketones (excluding diaryl/α,β-unsaturated/α-hetero) is 1. The second-order valence-electron chi connectivity index (χ2n) is 5.94. The maximum atomic E-state index is 12.1. The number of benzene rings is 1. The number of rotatable bonds is 9. The fourth-order valence-corrected chi connectivity index (χ4v) is 2.62. The molecule has 0 aliphatic heterocycles. The first kappa shape index (κ1) is 17.0. The van der Waals surface area contributed by atoms with Crippen molar-refractivity contribution in [3.63, 3.8) is 0 Å². The van der Waals surface area contributed by atoms with E-state index in [1.165, 1.54) is 10.4 Å². The van der Waals surface area contributed by atoms with Crippen molar-refractivity contribution in [3.05, 3.63) is 66.1 Å². The molecule has 0 amide bonds. The second-order valence-corrected chi connectivity index (χ2v) is 5.94. The number of nitrogens with zero attached hydrogens (tertiary/aromatic N) is 5. The molecule has 0 bridgehead atoms. The van der Waals surface area contributed by atoms with Gasteiger partial charge in [-0.1, -0.05) is 42.8 Å². The number of hydrogen-bond acceptors (Lipinski definition) is 5. The van der Waals surface area contributed by atoms with E-state index in [0.29, 0.717) is 18.1 Å². The first-order valence-electron chi connectivity index (χ1n) is 8.57. The first-order valence-corrected chi connectivity index (χ1v) is 8.57. The third-order valence-corrected chi connectivity index (χ3v) is 3.93. The summed E-state index contributed by atoms with van der Waals surface area (Å²) in [7, 11) is 0. The number of carbonyl (C=O) groups is 1. The minimum absolute atomic E-state index is 0.153. The van der Waals surface area contributed by atoms with Gasteiger partial charge in [0.05, 0.1) is 6.42 Å². The van der Waals surface area contributed by atoms with Crippen LogP contribution in [0.25, 0.3) is 5.82 Å². The third-order valence-electron chi connectivity index (χ3n) is 3.93. The molecule has 0 radical (unpaired) electrons. The van der Waals surface area contributed by atoms with Gasteiger partial charge in [0.15, 0.2) is 11.6 Å². The van der Waals surface area contributed by atoms with Crippen LogP contribution in [0.4, 0.5) is 0 Å². The minimum Gasteiger partial charge on any atom is -0.299 e. The predicted molar refractivity (Wildman–Crippen MR) is 94.3 cm³/mol. The predicted octanol–water partition coefficient (Wildman–Crippen LogP) is 2.97. The average Bonchev–Trinajstić information content (AvgIpc) is 3.11. The molecule has 2 aromatic heterocycles. The second kappa shape index (κ2) is 8.82. The van der Waals surface area contributed by atoms with Crippen molar-refractivity contribution in [2.45, 2.75) is 38.5 Å². The highest BCUT2D eigenvalue weighted by Gasteiger charge is 2.10. The Labute approximate surface area is 146 Å². The Balaban J connectivity index is 1.37. The molecule has 25 heavy (non-hydrogen) atoms.